The standard InChI is InChI=1S/C46H30N2/c1-3-13-31(14-4-1)32-23-25-35(26-24-32)43-30-44(40-22-12-11-19-37(40)33-15-5-2-6-16-33)48-46(47-43)45-39-21-10-8-18-36(39)29-42-38-20-9-7-17-34(38)27-28-41(42)45/h1-30H. The third-order valence-corrected chi connectivity index (χ3v) is 9.30. The fraction of sp³-hybridized carbons (Fsp3) is 0. The molecule has 0 saturated heterocycles. The maximum atomic E-state index is 5.42. The number of benzene rings is 8. The van der Waals surface area contributed by atoms with Crippen LogP contribution in [0, 0.1) is 0 Å². The number of hydrogen-bond donors (Lipinski definition) is 0. The molecule has 0 fully saturated rings. The van der Waals surface area contributed by atoms with Crippen LogP contribution in [0.2, 0.25) is 0 Å². The van der Waals surface area contributed by atoms with Crippen LogP contribution < -0.4 is 0 Å². The Bertz CT molecular complexity index is 2590. The van der Waals surface area contributed by atoms with Gasteiger partial charge in [-0.25, -0.2) is 9.97 Å². The van der Waals surface area contributed by atoms with E-state index in [4.69, 9.17) is 9.97 Å². The first-order chi connectivity index (χ1) is 23.8. The van der Waals surface area contributed by atoms with Crippen molar-refractivity contribution in [2.75, 3.05) is 0 Å². The van der Waals surface area contributed by atoms with Gasteiger partial charge in [-0.3, -0.25) is 0 Å². The van der Waals surface area contributed by atoms with Crippen LogP contribution in [0.4, 0.5) is 0 Å². The van der Waals surface area contributed by atoms with E-state index in [1.54, 1.807) is 0 Å². The van der Waals surface area contributed by atoms with Crippen LogP contribution in [0.25, 0.3) is 88.5 Å². The highest BCUT2D eigenvalue weighted by molar-refractivity contribution is 6.19. The number of rotatable bonds is 5. The molecule has 0 saturated carbocycles. The van der Waals surface area contributed by atoms with Gasteiger partial charge in [-0.05, 0) is 66.7 Å². The molecular formula is C46H30N2. The average Bonchev–Trinajstić information content (AvgIpc) is 3.17. The SMILES string of the molecule is c1ccc(-c2ccc(-c3cc(-c4ccccc4-c4ccccc4)nc(-c4c5ccccc5cc5c4ccc4ccccc45)n3)cc2)cc1. The molecule has 0 atom stereocenters. The fourth-order valence-corrected chi connectivity index (χ4v) is 6.95. The second kappa shape index (κ2) is 11.8. The van der Waals surface area contributed by atoms with Gasteiger partial charge in [0, 0.05) is 16.7 Å². The first-order valence-corrected chi connectivity index (χ1v) is 16.3. The molecule has 0 aliphatic rings. The third kappa shape index (κ3) is 4.92. The molecule has 224 valence electrons. The zero-order chi connectivity index (χ0) is 31.9. The highest BCUT2D eigenvalue weighted by Gasteiger charge is 2.18. The van der Waals surface area contributed by atoms with Crippen LogP contribution in [0.5, 0.6) is 0 Å². The minimum atomic E-state index is 0.717. The third-order valence-electron chi connectivity index (χ3n) is 9.30. The molecule has 1 heterocycles. The molecule has 9 aromatic rings. The van der Waals surface area contributed by atoms with Crippen molar-refractivity contribution in [3.05, 3.63) is 182 Å². The lowest BCUT2D eigenvalue weighted by Crippen LogP contribution is -1.98. The minimum absolute atomic E-state index is 0.717. The summed E-state index contributed by atoms with van der Waals surface area (Å²) in [5, 5.41) is 7.10. The normalized spacial score (nSPS) is 11.3. The number of aromatic nitrogens is 2. The summed E-state index contributed by atoms with van der Waals surface area (Å²) < 4.78 is 0. The van der Waals surface area contributed by atoms with Crippen molar-refractivity contribution >= 4 is 32.3 Å². The van der Waals surface area contributed by atoms with Crippen LogP contribution in [0.3, 0.4) is 0 Å². The summed E-state index contributed by atoms with van der Waals surface area (Å²) >= 11 is 0. The van der Waals surface area contributed by atoms with Crippen LogP contribution in [0.15, 0.2) is 182 Å². The molecule has 0 N–H and O–H groups in total. The number of hydrogen-bond acceptors (Lipinski definition) is 2. The average molecular weight is 611 g/mol. The largest absolute Gasteiger partial charge is 0.228 e. The summed E-state index contributed by atoms with van der Waals surface area (Å²) in [6, 6.07) is 64.4. The maximum absolute atomic E-state index is 5.42. The van der Waals surface area contributed by atoms with Gasteiger partial charge < -0.3 is 0 Å². The van der Waals surface area contributed by atoms with Crippen molar-refractivity contribution in [2.24, 2.45) is 0 Å². The van der Waals surface area contributed by atoms with Crippen LogP contribution >= 0.6 is 0 Å². The van der Waals surface area contributed by atoms with E-state index in [0.717, 1.165) is 55.8 Å². The van der Waals surface area contributed by atoms with Crippen LogP contribution in [-0.4, -0.2) is 9.97 Å². The molecule has 9 rings (SSSR count). The molecule has 0 spiro atoms. The van der Waals surface area contributed by atoms with Gasteiger partial charge in [0.1, 0.15) is 0 Å². The van der Waals surface area contributed by atoms with Crippen molar-refractivity contribution in [3.63, 3.8) is 0 Å². The molecule has 0 unspecified atom stereocenters. The van der Waals surface area contributed by atoms with Crippen molar-refractivity contribution < 1.29 is 0 Å². The van der Waals surface area contributed by atoms with E-state index in [-0.39, 0.29) is 0 Å². The number of fused-ring (bicyclic) bond motifs is 4. The Kier molecular flexibility index (Phi) is 6.84. The molecule has 1 aromatic heterocycles. The first-order valence-electron chi connectivity index (χ1n) is 16.3. The molecule has 0 bridgehead atoms. The molecule has 48 heavy (non-hydrogen) atoms. The van der Waals surface area contributed by atoms with E-state index in [2.05, 4.69) is 182 Å². The first kappa shape index (κ1) is 27.9. The van der Waals surface area contributed by atoms with Gasteiger partial charge in [0.05, 0.1) is 11.4 Å². The molecule has 0 aliphatic carbocycles. The lowest BCUT2D eigenvalue weighted by atomic mass is 9.92. The zero-order valence-electron chi connectivity index (χ0n) is 26.2. The van der Waals surface area contributed by atoms with Gasteiger partial charge >= 0.3 is 0 Å². The molecule has 0 amide bonds. The van der Waals surface area contributed by atoms with E-state index >= 15 is 0 Å². The van der Waals surface area contributed by atoms with Crippen molar-refractivity contribution in [2.45, 2.75) is 0 Å². The van der Waals surface area contributed by atoms with Crippen molar-refractivity contribution in [1.82, 2.24) is 9.97 Å². The van der Waals surface area contributed by atoms with E-state index in [1.165, 1.54) is 32.7 Å². The summed E-state index contributed by atoms with van der Waals surface area (Å²) in [6.45, 7) is 0. The lowest BCUT2D eigenvalue weighted by molar-refractivity contribution is 1.19. The van der Waals surface area contributed by atoms with E-state index < -0.39 is 0 Å². The Hall–Kier alpha value is -6.38. The van der Waals surface area contributed by atoms with Gasteiger partial charge in [0.25, 0.3) is 0 Å². The highest BCUT2D eigenvalue weighted by Crippen LogP contribution is 2.40. The Balaban J connectivity index is 1.33. The quantitative estimate of drug-likeness (QED) is 0.143. The molecule has 0 aliphatic heterocycles. The van der Waals surface area contributed by atoms with Crippen LogP contribution in [-0.2, 0) is 0 Å². The van der Waals surface area contributed by atoms with E-state index in [0.29, 0.717) is 0 Å². The topological polar surface area (TPSA) is 25.8 Å². The van der Waals surface area contributed by atoms with Gasteiger partial charge in [0.15, 0.2) is 5.82 Å². The minimum Gasteiger partial charge on any atom is -0.228 e. The second-order valence-electron chi connectivity index (χ2n) is 12.2. The number of nitrogens with zero attached hydrogens (tertiary/aromatic N) is 2. The Morgan fingerprint density at radius 2 is 0.854 bits per heavy atom. The Labute approximate surface area is 279 Å². The Morgan fingerprint density at radius 1 is 0.292 bits per heavy atom. The summed E-state index contributed by atoms with van der Waals surface area (Å²) in [4.78, 5) is 10.8. The highest BCUT2D eigenvalue weighted by atomic mass is 14.9. The lowest BCUT2D eigenvalue weighted by Gasteiger charge is -2.16. The van der Waals surface area contributed by atoms with Crippen LogP contribution in [0.1, 0.15) is 0 Å². The summed E-state index contributed by atoms with van der Waals surface area (Å²) in [6.07, 6.45) is 0. The smallest absolute Gasteiger partial charge is 0.161 e. The van der Waals surface area contributed by atoms with Gasteiger partial charge in [-0.15, -0.1) is 0 Å². The molecular weight excluding hydrogens is 581 g/mol. The monoisotopic (exact) mass is 610 g/mol. The van der Waals surface area contributed by atoms with Gasteiger partial charge in [-0.1, -0.05) is 170 Å². The summed E-state index contributed by atoms with van der Waals surface area (Å²) in [5.41, 5.74) is 9.62. The molecule has 2 heteroatoms. The summed E-state index contributed by atoms with van der Waals surface area (Å²) in [7, 11) is 0. The van der Waals surface area contributed by atoms with Gasteiger partial charge in [-0.2, -0.15) is 0 Å². The van der Waals surface area contributed by atoms with E-state index in [9.17, 15) is 0 Å². The van der Waals surface area contributed by atoms with E-state index in [1.807, 2.05) is 0 Å². The molecule has 2 nitrogen and oxygen atoms in total. The predicted molar refractivity (Wildman–Crippen MR) is 202 cm³/mol. The van der Waals surface area contributed by atoms with Gasteiger partial charge in [0.2, 0.25) is 0 Å². The molecule has 8 aromatic carbocycles. The maximum Gasteiger partial charge on any atom is 0.161 e. The predicted octanol–water partition coefficient (Wildman–Crippen LogP) is 12.3. The fourth-order valence-electron chi connectivity index (χ4n) is 6.95. The molecule has 0 radical (unpaired) electrons. The Morgan fingerprint density at radius 3 is 1.62 bits per heavy atom. The van der Waals surface area contributed by atoms with Crippen molar-refractivity contribution in [1.29, 1.82) is 0 Å². The van der Waals surface area contributed by atoms with Crippen molar-refractivity contribution in [3.8, 4) is 56.2 Å². The summed E-state index contributed by atoms with van der Waals surface area (Å²) in [5.74, 6) is 0.717. The zero-order valence-corrected chi connectivity index (χ0v) is 26.2. The second-order valence-corrected chi connectivity index (χ2v) is 12.2.